The maximum Gasteiger partial charge on any atom is 0.262 e. The summed E-state index contributed by atoms with van der Waals surface area (Å²) < 4.78 is 28.4. The molecule has 1 N–H and O–H groups in total. The highest BCUT2D eigenvalue weighted by Crippen LogP contribution is 2.30. The Kier molecular flexibility index (Phi) is 6.38. The first-order valence-corrected chi connectivity index (χ1v) is 12.1. The lowest BCUT2D eigenvalue weighted by Gasteiger charge is -2.23. The van der Waals surface area contributed by atoms with Crippen molar-refractivity contribution in [3.63, 3.8) is 0 Å². The van der Waals surface area contributed by atoms with E-state index in [1.807, 2.05) is 61.5 Å². The molecule has 4 aromatic carbocycles. The molecule has 6 heteroatoms. The number of anilines is 5. The van der Waals surface area contributed by atoms with Gasteiger partial charge in [-0.2, -0.15) is 0 Å². The lowest BCUT2D eigenvalue weighted by atomic mass is 10.2. The molecule has 0 spiro atoms. The van der Waals surface area contributed by atoms with Crippen molar-refractivity contribution in [1.82, 2.24) is 0 Å². The zero-order chi connectivity index (χ0) is 23.4. The lowest BCUT2D eigenvalue weighted by Crippen LogP contribution is -2.15. The van der Waals surface area contributed by atoms with Crippen molar-refractivity contribution in [3.05, 3.63) is 109 Å². The number of para-hydroxylation sites is 1. The topological polar surface area (TPSA) is 52.7 Å². The monoisotopic (exact) mass is 457 g/mol. The van der Waals surface area contributed by atoms with Crippen molar-refractivity contribution in [2.75, 3.05) is 28.6 Å². The van der Waals surface area contributed by atoms with Gasteiger partial charge in [-0.3, -0.25) is 4.72 Å². The van der Waals surface area contributed by atoms with Crippen LogP contribution in [0.5, 0.6) is 0 Å². The lowest BCUT2D eigenvalue weighted by molar-refractivity contribution is 0.600. The molecular weight excluding hydrogens is 430 g/mol. The molecule has 0 aliphatic carbocycles. The second-order valence-corrected chi connectivity index (χ2v) is 9.54. The smallest absolute Gasteiger partial charge is 0.262 e. The van der Waals surface area contributed by atoms with E-state index in [9.17, 15) is 8.42 Å². The highest BCUT2D eigenvalue weighted by Gasteiger charge is 2.17. The molecule has 0 heterocycles. The van der Waals surface area contributed by atoms with Crippen LogP contribution in [0.15, 0.2) is 108 Å². The van der Waals surface area contributed by atoms with Crippen LogP contribution in [-0.2, 0) is 10.0 Å². The normalized spacial score (nSPS) is 11.1. The third-order valence-electron chi connectivity index (χ3n) is 5.64. The molecule has 0 atom stereocenters. The number of nitrogens with one attached hydrogen (secondary N) is 1. The van der Waals surface area contributed by atoms with Crippen LogP contribution in [-0.4, -0.2) is 22.5 Å². The van der Waals surface area contributed by atoms with E-state index in [4.69, 9.17) is 0 Å². The number of rotatable bonds is 7. The van der Waals surface area contributed by atoms with E-state index in [2.05, 4.69) is 46.0 Å². The van der Waals surface area contributed by atoms with Crippen molar-refractivity contribution >= 4 is 38.5 Å². The zero-order valence-corrected chi connectivity index (χ0v) is 19.8. The summed E-state index contributed by atoms with van der Waals surface area (Å²) in [5, 5.41) is 0. The van der Waals surface area contributed by atoms with Gasteiger partial charge in [-0.25, -0.2) is 8.42 Å². The summed E-state index contributed by atoms with van der Waals surface area (Å²) in [6.07, 6.45) is 0. The van der Waals surface area contributed by atoms with Crippen LogP contribution in [0.1, 0.15) is 5.56 Å². The van der Waals surface area contributed by atoms with E-state index >= 15 is 0 Å². The summed E-state index contributed by atoms with van der Waals surface area (Å²) in [5.41, 5.74) is 5.30. The average molecular weight is 458 g/mol. The molecule has 33 heavy (non-hydrogen) atoms. The van der Waals surface area contributed by atoms with Gasteiger partial charge in [0.05, 0.1) is 10.6 Å². The third kappa shape index (κ3) is 5.02. The molecule has 168 valence electrons. The maximum absolute atomic E-state index is 12.9. The molecule has 4 rings (SSSR count). The maximum atomic E-state index is 12.9. The van der Waals surface area contributed by atoms with Gasteiger partial charge in [-0.1, -0.05) is 42.5 Å². The van der Waals surface area contributed by atoms with E-state index in [1.165, 1.54) is 0 Å². The second kappa shape index (κ2) is 9.38. The average Bonchev–Trinajstić information content (AvgIpc) is 2.84. The first-order chi connectivity index (χ1) is 15.8. The van der Waals surface area contributed by atoms with E-state index in [0.717, 1.165) is 22.7 Å². The summed E-state index contributed by atoms with van der Waals surface area (Å²) in [5.74, 6) is 0. The van der Waals surface area contributed by atoms with E-state index in [-0.39, 0.29) is 4.90 Å². The van der Waals surface area contributed by atoms with Gasteiger partial charge in [0.1, 0.15) is 0 Å². The highest BCUT2D eigenvalue weighted by molar-refractivity contribution is 7.92. The first-order valence-electron chi connectivity index (χ1n) is 10.7. The fourth-order valence-electron chi connectivity index (χ4n) is 3.70. The molecule has 0 saturated heterocycles. The van der Waals surface area contributed by atoms with Crippen LogP contribution in [0, 0.1) is 6.92 Å². The summed E-state index contributed by atoms with van der Waals surface area (Å²) in [6, 6.07) is 32.8. The standard InChI is InChI=1S/C27H27N3O2S/c1-21-10-7-8-15-27(21)33(31,32)28-22-11-9-14-26(20-22)30(3)25-18-16-24(17-19-25)29(2)23-12-5-4-6-13-23/h4-20,28H,1-3H3. The zero-order valence-electron chi connectivity index (χ0n) is 18.9. The number of hydrogen-bond acceptors (Lipinski definition) is 4. The largest absolute Gasteiger partial charge is 0.345 e. The van der Waals surface area contributed by atoms with Gasteiger partial charge >= 0.3 is 0 Å². The van der Waals surface area contributed by atoms with E-state index in [0.29, 0.717) is 11.3 Å². The Balaban J connectivity index is 1.53. The van der Waals surface area contributed by atoms with Crippen LogP contribution < -0.4 is 14.5 Å². The predicted octanol–water partition coefficient (Wildman–Crippen LogP) is 6.33. The van der Waals surface area contributed by atoms with Crippen molar-refractivity contribution in [3.8, 4) is 0 Å². The van der Waals surface area contributed by atoms with E-state index < -0.39 is 10.0 Å². The van der Waals surface area contributed by atoms with Gasteiger partial charge in [-0.15, -0.1) is 0 Å². The Morgan fingerprint density at radius 3 is 1.76 bits per heavy atom. The minimum atomic E-state index is -3.67. The Morgan fingerprint density at radius 2 is 1.12 bits per heavy atom. The molecule has 5 nitrogen and oxygen atoms in total. The molecule has 0 amide bonds. The SMILES string of the molecule is Cc1ccccc1S(=O)(=O)Nc1cccc(N(C)c2ccc(N(C)c3ccccc3)cc2)c1. The number of sulfonamides is 1. The van der Waals surface area contributed by atoms with Gasteiger partial charge in [0, 0.05) is 36.8 Å². The minimum absolute atomic E-state index is 0.280. The van der Waals surface area contributed by atoms with Crippen LogP contribution in [0.4, 0.5) is 28.4 Å². The number of nitrogens with zero attached hydrogens (tertiary/aromatic N) is 2. The molecule has 0 radical (unpaired) electrons. The number of benzene rings is 4. The molecule has 0 unspecified atom stereocenters. The van der Waals surface area contributed by atoms with Gasteiger partial charge < -0.3 is 9.80 Å². The highest BCUT2D eigenvalue weighted by atomic mass is 32.2. The minimum Gasteiger partial charge on any atom is -0.345 e. The third-order valence-corrected chi connectivity index (χ3v) is 7.18. The molecule has 0 aromatic heterocycles. The Morgan fingerprint density at radius 1 is 0.606 bits per heavy atom. The molecule has 0 bridgehead atoms. The number of aryl methyl sites for hydroxylation is 1. The Hall–Kier alpha value is -3.77. The Labute approximate surface area is 196 Å². The summed E-state index contributed by atoms with van der Waals surface area (Å²) >= 11 is 0. The van der Waals surface area contributed by atoms with Gasteiger partial charge in [0.2, 0.25) is 0 Å². The second-order valence-electron chi connectivity index (χ2n) is 7.89. The molecule has 0 aliphatic heterocycles. The quantitative estimate of drug-likeness (QED) is 0.352. The van der Waals surface area contributed by atoms with Crippen LogP contribution in [0.2, 0.25) is 0 Å². The summed E-state index contributed by atoms with van der Waals surface area (Å²) in [4.78, 5) is 4.43. The first kappa shape index (κ1) is 22.4. The van der Waals surface area contributed by atoms with Gasteiger partial charge in [0.15, 0.2) is 0 Å². The van der Waals surface area contributed by atoms with Crippen molar-refractivity contribution in [1.29, 1.82) is 0 Å². The number of hydrogen-bond donors (Lipinski definition) is 1. The van der Waals surface area contributed by atoms with Crippen molar-refractivity contribution < 1.29 is 8.42 Å². The molecule has 0 saturated carbocycles. The molecular formula is C27H27N3O2S. The fraction of sp³-hybridized carbons (Fsp3) is 0.111. The molecule has 0 aliphatic rings. The predicted molar refractivity (Wildman–Crippen MR) is 137 cm³/mol. The van der Waals surface area contributed by atoms with Gasteiger partial charge in [-0.05, 0) is 73.2 Å². The summed E-state index contributed by atoms with van der Waals surface area (Å²) in [7, 11) is 0.336. The Bertz CT molecular complexity index is 1340. The molecule has 4 aromatic rings. The van der Waals surface area contributed by atoms with Crippen LogP contribution >= 0.6 is 0 Å². The van der Waals surface area contributed by atoms with Crippen molar-refractivity contribution in [2.24, 2.45) is 0 Å². The summed E-state index contributed by atoms with van der Waals surface area (Å²) in [6.45, 7) is 1.79. The van der Waals surface area contributed by atoms with Crippen molar-refractivity contribution in [2.45, 2.75) is 11.8 Å². The van der Waals surface area contributed by atoms with E-state index in [1.54, 1.807) is 31.2 Å². The van der Waals surface area contributed by atoms with Gasteiger partial charge in [0.25, 0.3) is 10.0 Å². The fourth-order valence-corrected chi connectivity index (χ4v) is 4.99. The van der Waals surface area contributed by atoms with Crippen LogP contribution in [0.3, 0.4) is 0 Å². The van der Waals surface area contributed by atoms with Crippen LogP contribution in [0.25, 0.3) is 0 Å². The molecule has 0 fully saturated rings.